The lowest BCUT2D eigenvalue weighted by Gasteiger charge is -2.06. The van der Waals surface area contributed by atoms with E-state index in [1.165, 1.54) is 6.92 Å². The van der Waals surface area contributed by atoms with Crippen LogP contribution < -0.4 is 5.73 Å². The number of aromatic nitrogens is 3. The van der Waals surface area contributed by atoms with Crippen LogP contribution in [-0.2, 0) is 0 Å². The summed E-state index contributed by atoms with van der Waals surface area (Å²) in [7, 11) is 0. The Kier molecular flexibility index (Phi) is 3.84. The number of nitrogen functional groups attached to an aromatic ring is 1. The van der Waals surface area contributed by atoms with E-state index >= 15 is 0 Å². The summed E-state index contributed by atoms with van der Waals surface area (Å²) in [5, 5.41) is 12.0. The maximum absolute atomic E-state index is 11.1. The lowest BCUT2D eigenvalue weighted by molar-refractivity contribution is -0.389. The standard InChI is InChI=1S/C12H13N5O2S/c1-6-4-7(2)14-9(5-6)20-11-10(17(18)19)8(3)15-12(13)16-11/h4-5H,1-3H3,(H2,13,15,16). The molecule has 0 radical (unpaired) electrons. The van der Waals surface area contributed by atoms with Gasteiger partial charge in [-0.25, -0.2) is 9.97 Å². The highest BCUT2D eigenvalue weighted by atomic mass is 32.2. The van der Waals surface area contributed by atoms with E-state index in [9.17, 15) is 10.1 Å². The van der Waals surface area contributed by atoms with Crippen molar-refractivity contribution in [3.63, 3.8) is 0 Å². The third-order valence-corrected chi connectivity index (χ3v) is 3.40. The Balaban J connectivity index is 2.49. The van der Waals surface area contributed by atoms with E-state index in [1.807, 2.05) is 26.0 Å². The van der Waals surface area contributed by atoms with Gasteiger partial charge in [-0.3, -0.25) is 10.1 Å². The largest absolute Gasteiger partial charge is 0.368 e. The van der Waals surface area contributed by atoms with E-state index in [2.05, 4.69) is 15.0 Å². The van der Waals surface area contributed by atoms with Crippen LogP contribution in [-0.4, -0.2) is 19.9 Å². The topological polar surface area (TPSA) is 108 Å². The van der Waals surface area contributed by atoms with Gasteiger partial charge in [-0.2, -0.15) is 4.98 Å². The van der Waals surface area contributed by atoms with Crippen LogP contribution in [0.15, 0.2) is 22.2 Å². The van der Waals surface area contributed by atoms with Gasteiger partial charge in [0.2, 0.25) is 5.95 Å². The SMILES string of the molecule is Cc1cc(C)nc(Sc2nc(N)nc(C)c2[N+](=O)[O-])c1. The van der Waals surface area contributed by atoms with Crippen molar-refractivity contribution in [2.24, 2.45) is 0 Å². The molecule has 2 aromatic rings. The fraction of sp³-hybridized carbons (Fsp3) is 0.250. The summed E-state index contributed by atoms with van der Waals surface area (Å²) in [6, 6.07) is 3.77. The number of nitrogens with zero attached hydrogens (tertiary/aromatic N) is 4. The minimum absolute atomic E-state index is 0.0139. The number of hydrogen-bond donors (Lipinski definition) is 1. The normalized spacial score (nSPS) is 10.6. The Hall–Kier alpha value is -2.22. The molecule has 0 saturated heterocycles. The van der Waals surface area contributed by atoms with Crippen molar-refractivity contribution in [2.75, 3.05) is 5.73 Å². The van der Waals surface area contributed by atoms with Gasteiger partial charge in [-0.15, -0.1) is 0 Å². The van der Waals surface area contributed by atoms with Crippen molar-refractivity contribution in [3.05, 3.63) is 39.2 Å². The molecule has 8 heteroatoms. The molecule has 0 bridgehead atoms. The summed E-state index contributed by atoms with van der Waals surface area (Å²) in [5.74, 6) is 0.0139. The Morgan fingerprint density at radius 2 is 1.90 bits per heavy atom. The second kappa shape index (κ2) is 5.41. The highest BCUT2D eigenvalue weighted by Gasteiger charge is 2.22. The van der Waals surface area contributed by atoms with Gasteiger partial charge in [0.05, 0.1) is 4.92 Å². The smallest absolute Gasteiger partial charge is 0.322 e. The fourth-order valence-electron chi connectivity index (χ4n) is 1.80. The maximum atomic E-state index is 11.1. The van der Waals surface area contributed by atoms with E-state index in [1.54, 1.807) is 0 Å². The van der Waals surface area contributed by atoms with Gasteiger partial charge in [-0.05, 0) is 50.2 Å². The summed E-state index contributed by atoms with van der Waals surface area (Å²) in [4.78, 5) is 22.7. The Labute approximate surface area is 119 Å². The molecule has 0 spiro atoms. The molecule has 20 heavy (non-hydrogen) atoms. The Morgan fingerprint density at radius 1 is 1.20 bits per heavy atom. The molecule has 0 atom stereocenters. The molecule has 0 fully saturated rings. The zero-order chi connectivity index (χ0) is 14.9. The zero-order valence-electron chi connectivity index (χ0n) is 11.2. The van der Waals surface area contributed by atoms with Crippen LogP contribution in [0, 0.1) is 30.9 Å². The van der Waals surface area contributed by atoms with Gasteiger partial charge < -0.3 is 5.73 Å². The number of nitro groups is 1. The minimum Gasteiger partial charge on any atom is -0.368 e. The van der Waals surface area contributed by atoms with Crippen molar-refractivity contribution in [1.29, 1.82) is 0 Å². The van der Waals surface area contributed by atoms with E-state index in [0.29, 0.717) is 5.03 Å². The number of hydrogen-bond acceptors (Lipinski definition) is 7. The second-order valence-electron chi connectivity index (χ2n) is 4.30. The lowest BCUT2D eigenvalue weighted by atomic mass is 10.3. The van der Waals surface area contributed by atoms with E-state index in [0.717, 1.165) is 23.0 Å². The van der Waals surface area contributed by atoms with Gasteiger partial charge >= 0.3 is 5.69 Å². The van der Waals surface area contributed by atoms with Crippen LogP contribution in [0.25, 0.3) is 0 Å². The summed E-state index contributed by atoms with van der Waals surface area (Å²) < 4.78 is 0. The van der Waals surface area contributed by atoms with Crippen LogP contribution in [0.4, 0.5) is 11.6 Å². The van der Waals surface area contributed by atoms with Gasteiger partial charge in [0.25, 0.3) is 0 Å². The molecule has 0 aromatic carbocycles. The third kappa shape index (κ3) is 3.02. The molecule has 0 aliphatic carbocycles. The summed E-state index contributed by atoms with van der Waals surface area (Å²) in [6.07, 6.45) is 0. The molecule has 0 aliphatic rings. The van der Waals surface area contributed by atoms with E-state index < -0.39 is 4.92 Å². The third-order valence-electron chi connectivity index (χ3n) is 2.50. The molecule has 2 aromatic heterocycles. The number of anilines is 1. The molecule has 104 valence electrons. The molecule has 2 rings (SSSR count). The van der Waals surface area contributed by atoms with Crippen LogP contribution in [0.3, 0.4) is 0 Å². The fourth-order valence-corrected chi connectivity index (χ4v) is 2.89. The predicted octanol–water partition coefficient (Wildman–Crippen LogP) is 2.44. The highest BCUT2D eigenvalue weighted by molar-refractivity contribution is 7.99. The molecule has 0 aliphatic heterocycles. The number of nitrogens with two attached hydrogens (primary N) is 1. The maximum Gasteiger partial charge on any atom is 0.322 e. The highest BCUT2D eigenvalue weighted by Crippen LogP contribution is 2.34. The van der Waals surface area contributed by atoms with Crippen molar-refractivity contribution >= 4 is 23.4 Å². The van der Waals surface area contributed by atoms with Gasteiger partial charge in [0.1, 0.15) is 10.7 Å². The molecule has 0 amide bonds. The zero-order valence-corrected chi connectivity index (χ0v) is 12.1. The Bertz CT molecular complexity index is 670. The molecule has 2 N–H and O–H groups in total. The molecular formula is C12H13N5O2S. The van der Waals surface area contributed by atoms with E-state index in [4.69, 9.17) is 5.73 Å². The van der Waals surface area contributed by atoms with Gasteiger partial charge in [0, 0.05) is 5.69 Å². The quantitative estimate of drug-likeness (QED) is 0.525. The van der Waals surface area contributed by atoms with Crippen LogP contribution >= 0.6 is 11.8 Å². The van der Waals surface area contributed by atoms with Gasteiger partial charge in [0.15, 0.2) is 5.03 Å². The average Bonchev–Trinajstić information content (AvgIpc) is 2.25. The average molecular weight is 291 g/mol. The number of aryl methyl sites for hydroxylation is 3. The monoisotopic (exact) mass is 291 g/mol. The van der Waals surface area contributed by atoms with Crippen LogP contribution in [0.5, 0.6) is 0 Å². The first-order valence-electron chi connectivity index (χ1n) is 5.78. The van der Waals surface area contributed by atoms with Gasteiger partial charge in [-0.1, -0.05) is 0 Å². The number of rotatable bonds is 3. The minimum atomic E-state index is -0.500. The first-order chi connectivity index (χ1) is 9.36. The molecular weight excluding hydrogens is 278 g/mol. The molecule has 7 nitrogen and oxygen atoms in total. The first-order valence-corrected chi connectivity index (χ1v) is 6.60. The van der Waals surface area contributed by atoms with Crippen molar-refractivity contribution in [3.8, 4) is 0 Å². The summed E-state index contributed by atoms with van der Waals surface area (Å²) >= 11 is 1.12. The first kappa shape index (κ1) is 14.2. The lowest BCUT2D eigenvalue weighted by Crippen LogP contribution is -2.04. The van der Waals surface area contributed by atoms with E-state index in [-0.39, 0.29) is 22.4 Å². The Morgan fingerprint density at radius 3 is 2.50 bits per heavy atom. The summed E-state index contributed by atoms with van der Waals surface area (Å²) in [6.45, 7) is 5.34. The van der Waals surface area contributed by atoms with Crippen LogP contribution in [0.1, 0.15) is 17.0 Å². The predicted molar refractivity (Wildman–Crippen MR) is 75.7 cm³/mol. The molecule has 0 saturated carbocycles. The van der Waals surface area contributed by atoms with Crippen molar-refractivity contribution in [1.82, 2.24) is 15.0 Å². The van der Waals surface area contributed by atoms with Crippen LogP contribution in [0.2, 0.25) is 0 Å². The second-order valence-corrected chi connectivity index (χ2v) is 5.31. The van der Waals surface area contributed by atoms with Crippen molar-refractivity contribution < 1.29 is 4.92 Å². The molecule has 2 heterocycles. The number of pyridine rings is 1. The summed E-state index contributed by atoms with van der Waals surface area (Å²) in [5.41, 5.74) is 7.54. The molecule has 0 unspecified atom stereocenters. The van der Waals surface area contributed by atoms with Crippen molar-refractivity contribution in [2.45, 2.75) is 30.8 Å².